The van der Waals surface area contributed by atoms with Gasteiger partial charge in [-0.2, -0.15) is 10.1 Å². The van der Waals surface area contributed by atoms with E-state index in [-0.39, 0.29) is 17.9 Å². The fraction of sp³-hybridized carbons (Fsp3) is 0.538. The summed E-state index contributed by atoms with van der Waals surface area (Å²) in [5.41, 5.74) is 0.334. The topological polar surface area (TPSA) is 85.8 Å². The minimum absolute atomic E-state index is 0.0885. The van der Waals surface area contributed by atoms with Gasteiger partial charge < -0.3 is 9.84 Å². The van der Waals surface area contributed by atoms with E-state index in [9.17, 15) is 4.79 Å². The quantitative estimate of drug-likeness (QED) is 0.916. The fourth-order valence-corrected chi connectivity index (χ4v) is 2.22. The Morgan fingerprint density at radius 3 is 2.76 bits per heavy atom. The second kappa shape index (κ2) is 6.26. The van der Waals surface area contributed by atoms with Crippen LogP contribution in [0.5, 0.6) is 0 Å². The first kappa shape index (κ1) is 15.5. The zero-order valence-electron chi connectivity index (χ0n) is 12.4. The molecule has 0 spiro atoms. The van der Waals surface area contributed by atoms with Gasteiger partial charge in [0.2, 0.25) is 5.89 Å². The Morgan fingerprint density at radius 2 is 2.24 bits per heavy atom. The van der Waals surface area contributed by atoms with Crippen molar-refractivity contribution < 1.29 is 9.32 Å². The van der Waals surface area contributed by atoms with Gasteiger partial charge in [0.05, 0.1) is 11.2 Å². The number of halogens is 1. The Labute approximate surface area is 127 Å². The van der Waals surface area contributed by atoms with E-state index in [1.54, 1.807) is 11.6 Å². The van der Waals surface area contributed by atoms with Crippen molar-refractivity contribution >= 4 is 17.5 Å². The van der Waals surface area contributed by atoms with E-state index in [2.05, 4.69) is 20.6 Å². The van der Waals surface area contributed by atoms with Gasteiger partial charge in [-0.3, -0.25) is 9.48 Å². The van der Waals surface area contributed by atoms with Crippen LogP contribution < -0.4 is 5.32 Å². The van der Waals surface area contributed by atoms with Crippen LogP contribution in [0.1, 0.15) is 49.0 Å². The predicted molar refractivity (Wildman–Crippen MR) is 77.0 cm³/mol. The molecule has 0 saturated carbocycles. The number of hydrogen-bond donors (Lipinski definition) is 1. The van der Waals surface area contributed by atoms with E-state index in [0.717, 1.165) is 0 Å². The van der Waals surface area contributed by atoms with Gasteiger partial charge in [0.25, 0.3) is 5.91 Å². The van der Waals surface area contributed by atoms with Gasteiger partial charge in [-0.1, -0.05) is 30.6 Å². The summed E-state index contributed by atoms with van der Waals surface area (Å²) in [6.07, 6.45) is 1.46. The molecule has 114 valence electrons. The molecular formula is C13H18ClN5O2. The summed E-state index contributed by atoms with van der Waals surface area (Å²) >= 11 is 6.04. The Bertz CT molecular complexity index is 634. The Balaban J connectivity index is 2.25. The molecule has 0 aromatic carbocycles. The number of amides is 1. The van der Waals surface area contributed by atoms with Gasteiger partial charge in [-0.25, -0.2) is 0 Å². The van der Waals surface area contributed by atoms with E-state index >= 15 is 0 Å². The van der Waals surface area contributed by atoms with Crippen LogP contribution in [0.3, 0.4) is 0 Å². The van der Waals surface area contributed by atoms with Gasteiger partial charge in [0.1, 0.15) is 11.7 Å². The monoisotopic (exact) mass is 311 g/mol. The number of carbonyl (C=O) groups is 1. The van der Waals surface area contributed by atoms with Crippen LogP contribution >= 0.6 is 11.6 Å². The van der Waals surface area contributed by atoms with Crippen LogP contribution in [0.25, 0.3) is 0 Å². The van der Waals surface area contributed by atoms with Crippen molar-refractivity contribution in [3.63, 3.8) is 0 Å². The lowest BCUT2D eigenvalue weighted by atomic mass is 10.0. The predicted octanol–water partition coefficient (Wildman–Crippen LogP) is 2.37. The maximum atomic E-state index is 12.5. The second-order valence-corrected chi connectivity index (χ2v) is 5.44. The van der Waals surface area contributed by atoms with Gasteiger partial charge in [0, 0.05) is 6.54 Å². The van der Waals surface area contributed by atoms with Crippen LogP contribution in [0.4, 0.5) is 0 Å². The number of hydrogen-bond acceptors (Lipinski definition) is 5. The zero-order chi connectivity index (χ0) is 15.6. The number of nitrogens with zero attached hydrogens (tertiary/aromatic N) is 4. The van der Waals surface area contributed by atoms with Crippen LogP contribution in [-0.2, 0) is 6.54 Å². The summed E-state index contributed by atoms with van der Waals surface area (Å²) in [4.78, 5) is 16.6. The minimum Gasteiger partial charge on any atom is -0.339 e. The molecule has 0 aliphatic carbocycles. The lowest BCUT2D eigenvalue weighted by molar-refractivity contribution is 0.0903. The summed E-state index contributed by atoms with van der Waals surface area (Å²) < 4.78 is 6.71. The first-order valence-corrected chi connectivity index (χ1v) is 7.14. The summed E-state index contributed by atoms with van der Waals surface area (Å²) in [6.45, 7) is 8.10. The molecule has 0 fully saturated rings. The number of carbonyl (C=O) groups excluding carboxylic acids is 1. The van der Waals surface area contributed by atoms with Crippen molar-refractivity contribution in [3.05, 3.63) is 28.6 Å². The Morgan fingerprint density at radius 1 is 1.52 bits per heavy atom. The van der Waals surface area contributed by atoms with E-state index in [0.29, 0.717) is 29.0 Å². The lowest BCUT2D eigenvalue weighted by Crippen LogP contribution is -2.33. The van der Waals surface area contributed by atoms with Gasteiger partial charge in [-0.15, -0.1) is 0 Å². The molecule has 7 nitrogen and oxygen atoms in total. The van der Waals surface area contributed by atoms with Crippen LogP contribution in [0.2, 0.25) is 5.02 Å². The highest BCUT2D eigenvalue weighted by molar-refractivity contribution is 6.33. The summed E-state index contributed by atoms with van der Waals surface area (Å²) in [6, 6.07) is -0.380. The third kappa shape index (κ3) is 3.24. The van der Waals surface area contributed by atoms with E-state index in [1.165, 1.54) is 6.20 Å². The molecule has 8 heteroatoms. The van der Waals surface area contributed by atoms with Crippen molar-refractivity contribution in [1.82, 2.24) is 25.2 Å². The Hall–Kier alpha value is -1.89. The van der Waals surface area contributed by atoms with Crippen LogP contribution in [-0.4, -0.2) is 25.8 Å². The van der Waals surface area contributed by atoms with E-state index in [1.807, 2.05) is 20.8 Å². The first-order chi connectivity index (χ1) is 9.93. The summed E-state index contributed by atoms with van der Waals surface area (Å²) in [5, 5.41) is 11.0. The van der Waals surface area contributed by atoms with Crippen LogP contribution in [0, 0.1) is 12.8 Å². The molecule has 1 unspecified atom stereocenters. The minimum atomic E-state index is -0.380. The molecule has 1 N–H and O–H groups in total. The average Bonchev–Trinajstić information content (AvgIpc) is 3.01. The molecule has 0 aliphatic rings. The second-order valence-electron chi connectivity index (χ2n) is 5.03. The highest BCUT2D eigenvalue weighted by Gasteiger charge is 2.27. The molecule has 2 rings (SSSR count). The summed E-state index contributed by atoms with van der Waals surface area (Å²) in [7, 11) is 0. The third-order valence-corrected chi connectivity index (χ3v) is 3.35. The van der Waals surface area contributed by atoms with Gasteiger partial charge >= 0.3 is 0 Å². The van der Waals surface area contributed by atoms with Crippen molar-refractivity contribution in [1.29, 1.82) is 0 Å². The molecule has 0 radical (unpaired) electrons. The normalized spacial score (nSPS) is 12.7. The zero-order valence-corrected chi connectivity index (χ0v) is 13.2. The lowest BCUT2D eigenvalue weighted by Gasteiger charge is -2.18. The smallest absolute Gasteiger partial charge is 0.271 e. The highest BCUT2D eigenvalue weighted by atomic mass is 35.5. The molecule has 2 aromatic rings. The van der Waals surface area contributed by atoms with Crippen molar-refractivity contribution in [2.45, 2.75) is 40.3 Å². The van der Waals surface area contributed by atoms with Crippen molar-refractivity contribution in [3.8, 4) is 0 Å². The molecule has 1 atom stereocenters. The van der Waals surface area contributed by atoms with E-state index in [4.69, 9.17) is 16.1 Å². The number of aryl methyl sites for hydroxylation is 2. The molecule has 2 heterocycles. The standard InChI is InChI=1S/C13H18ClN5O2/c1-5-19-11(9(14)6-15-19)12(20)17-10(7(2)3)13-16-8(4)18-21-13/h6-7,10H,5H2,1-4H3,(H,17,20). The molecule has 0 saturated heterocycles. The number of nitrogens with one attached hydrogen (secondary N) is 1. The largest absolute Gasteiger partial charge is 0.339 e. The van der Waals surface area contributed by atoms with Crippen LogP contribution in [0.15, 0.2) is 10.7 Å². The molecule has 21 heavy (non-hydrogen) atoms. The Kier molecular flexibility index (Phi) is 4.62. The fourth-order valence-electron chi connectivity index (χ4n) is 1.99. The van der Waals surface area contributed by atoms with E-state index < -0.39 is 0 Å². The number of rotatable bonds is 5. The molecular weight excluding hydrogens is 294 g/mol. The SMILES string of the molecule is CCn1ncc(Cl)c1C(=O)NC(c1nc(C)no1)C(C)C. The molecule has 1 amide bonds. The average molecular weight is 312 g/mol. The van der Waals surface area contributed by atoms with Crippen molar-refractivity contribution in [2.75, 3.05) is 0 Å². The maximum Gasteiger partial charge on any atom is 0.271 e. The van der Waals surface area contributed by atoms with Gasteiger partial charge in [0.15, 0.2) is 5.82 Å². The molecule has 0 aliphatic heterocycles. The van der Waals surface area contributed by atoms with Gasteiger partial charge in [-0.05, 0) is 19.8 Å². The van der Waals surface area contributed by atoms with Crippen molar-refractivity contribution in [2.24, 2.45) is 5.92 Å². The third-order valence-electron chi connectivity index (χ3n) is 3.07. The maximum absolute atomic E-state index is 12.5. The first-order valence-electron chi connectivity index (χ1n) is 6.76. The molecule has 0 bridgehead atoms. The highest BCUT2D eigenvalue weighted by Crippen LogP contribution is 2.22. The molecule has 2 aromatic heterocycles. The summed E-state index contributed by atoms with van der Waals surface area (Å²) in [5.74, 6) is 0.690. The number of aromatic nitrogens is 4.